The fourth-order valence-electron chi connectivity index (χ4n) is 3.27. The van der Waals surface area contributed by atoms with Gasteiger partial charge in [0.05, 0.1) is 0 Å². The third-order valence-electron chi connectivity index (χ3n) is 4.73. The van der Waals surface area contributed by atoms with Crippen molar-refractivity contribution in [3.05, 3.63) is 64.7 Å². The summed E-state index contributed by atoms with van der Waals surface area (Å²) in [6.07, 6.45) is 2.54. The molecule has 0 unspecified atom stereocenters. The van der Waals surface area contributed by atoms with Gasteiger partial charge < -0.3 is 5.32 Å². The summed E-state index contributed by atoms with van der Waals surface area (Å²) in [6, 6.07) is 16.8. The first-order chi connectivity index (χ1) is 11.2. The summed E-state index contributed by atoms with van der Waals surface area (Å²) in [7, 11) is 0. The van der Waals surface area contributed by atoms with E-state index < -0.39 is 0 Å². The van der Waals surface area contributed by atoms with Crippen molar-refractivity contribution in [2.75, 3.05) is 25.0 Å². The number of nitrogens with one attached hydrogen (secondary N) is 1. The van der Waals surface area contributed by atoms with Gasteiger partial charge in [0.1, 0.15) is 0 Å². The van der Waals surface area contributed by atoms with Crippen LogP contribution in [0.25, 0.3) is 0 Å². The molecule has 2 aromatic rings. The van der Waals surface area contributed by atoms with Gasteiger partial charge in [-0.1, -0.05) is 41.9 Å². The van der Waals surface area contributed by atoms with E-state index in [0.29, 0.717) is 0 Å². The summed E-state index contributed by atoms with van der Waals surface area (Å²) in [5.41, 5.74) is 3.85. The SMILES string of the molecule is Cc1cc(Cl)ccc1NCC1CCN(Cc2ccccc2)CC1. The molecule has 0 saturated carbocycles. The Morgan fingerprint density at radius 2 is 1.83 bits per heavy atom. The van der Waals surface area contributed by atoms with Crippen LogP contribution in [0.15, 0.2) is 48.5 Å². The summed E-state index contributed by atoms with van der Waals surface area (Å²) < 4.78 is 0. The van der Waals surface area contributed by atoms with Crippen LogP contribution in [0.3, 0.4) is 0 Å². The molecule has 0 radical (unpaired) electrons. The van der Waals surface area contributed by atoms with Crippen molar-refractivity contribution in [2.45, 2.75) is 26.3 Å². The zero-order chi connectivity index (χ0) is 16.1. The third-order valence-corrected chi connectivity index (χ3v) is 4.96. The highest BCUT2D eigenvalue weighted by Crippen LogP contribution is 2.23. The van der Waals surface area contributed by atoms with Crippen LogP contribution >= 0.6 is 11.6 Å². The Balaban J connectivity index is 1.44. The van der Waals surface area contributed by atoms with Crippen LogP contribution in [0.1, 0.15) is 24.0 Å². The average molecular weight is 329 g/mol. The predicted molar refractivity (Wildman–Crippen MR) is 99.1 cm³/mol. The molecule has 0 spiro atoms. The Bertz CT molecular complexity index is 619. The van der Waals surface area contributed by atoms with Crippen LogP contribution in [0.4, 0.5) is 5.69 Å². The van der Waals surface area contributed by atoms with Crippen molar-refractivity contribution < 1.29 is 0 Å². The van der Waals surface area contributed by atoms with Crippen LogP contribution in [-0.4, -0.2) is 24.5 Å². The van der Waals surface area contributed by atoms with Crippen LogP contribution in [0.2, 0.25) is 5.02 Å². The molecular weight excluding hydrogens is 304 g/mol. The van der Waals surface area contributed by atoms with E-state index in [1.165, 1.54) is 42.7 Å². The minimum atomic E-state index is 0.761. The molecule has 23 heavy (non-hydrogen) atoms. The first-order valence-electron chi connectivity index (χ1n) is 8.47. The fourth-order valence-corrected chi connectivity index (χ4v) is 3.50. The Hall–Kier alpha value is -1.51. The number of anilines is 1. The van der Waals surface area contributed by atoms with Gasteiger partial charge in [0.15, 0.2) is 0 Å². The van der Waals surface area contributed by atoms with Gasteiger partial charge in [-0.3, -0.25) is 4.90 Å². The van der Waals surface area contributed by atoms with Crippen molar-refractivity contribution in [3.8, 4) is 0 Å². The van der Waals surface area contributed by atoms with E-state index in [1.807, 2.05) is 12.1 Å². The topological polar surface area (TPSA) is 15.3 Å². The maximum atomic E-state index is 6.02. The normalized spacial score (nSPS) is 16.4. The molecule has 1 fully saturated rings. The number of halogens is 1. The summed E-state index contributed by atoms with van der Waals surface area (Å²) in [5.74, 6) is 0.761. The molecule has 1 saturated heterocycles. The van der Waals surface area contributed by atoms with Crippen LogP contribution in [0.5, 0.6) is 0 Å². The van der Waals surface area contributed by atoms with E-state index in [4.69, 9.17) is 11.6 Å². The highest BCUT2D eigenvalue weighted by molar-refractivity contribution is 6.30. The van der Waals surface area contributed by atoms with E-state index in [2.05, 4.69) is 53.5 Å². The van der Waals surface area contributed by atoms with Crippen molar-refractivity contribution >= 4 is 17.3 Å². The molecule has 1 heterocycles. The molecule has 1 N–H and O–H groups in total. The van der Waals surface area contributed by atoms with E-state index in [1.54, 1.807) is 0 Å². The van der Waals surface area contributed by atoms with Gasteiger partial charge >= 0.3 is 0 Å². The Labute approximate surface area is 144 Å². The summed E-state index contributed by atoms with van der Waals surface area (Å²) >= 11 is 6.02. The second kappa shape index (κ2) is 7.85. The van der Waals surface area contributed by atoms with Gasteiger partial charge in [-0.25, -0.2) is 0 Å². The molecule has 0 aliphatic carbocycles. The minimum absolute atomic E-state index is 0.761. The first-order valence-corrected chi connectivity index (χ1v) is 8.85. The second-order valence-corrected chi connectivity index (χ2v) is 6.98. The lowest BCUT2D eigenvalue weighted by Gasteiger charge is -2.32. The number of rotatable bonds is 5. The van der Waals surface area contributed by atoms with Gasteiger partial charge in [-0.2, -0.15) is 0 Å². The standard InChI is InChI=1S/C20H25ClN2/c1-16-13-19(21)7-8-20(16)22-14-17-9-11-23(12-10-17)15-18-5-3-2-4-6-18/h2-8,13,17,22H,9-12,14-15H2,1H3. The van der Waals surface area contributed by atoms with E-state index in [9.17, 15) is 0 Å². The Morgan fingerprint density at radius 3 is 2.52 bits per heavy atom. The summed E-state index contributed by atoms with van der Waals surface area (Å²) in [5, 5.41) is 4.40. The first kappa shape index (κ1) is 16.4. The van der Waals surface area contributed by atoms with Crippen molar-refractivity contribution in [3.63, 3.8) is 0 Å². The van der Waals surface area contributed by atoms with Gasteiger partial charge in [0.25, 0.3) is 0 Å². The number of hydrogen-bond donors (Lipinski definition) is 1. The summed E-state index contributed by atoms with van der Waals surface area (Å²) in [4.78, 5) is 2.57. The number of aryl methyl sites for hydroxylation is 1. The zero-order valence-corrected chi connectivity index (χ0v) is 14.5. The van der Waals surface area contributed by atoms with E-state index in [-0.39, 0.29) is 0 Å². The Kier molecular flexibility index (Phi) is 5.58. The molecule has 2 nitrogen and oxygen atoms in total. The monoisotopic (exact) mass is 328 g/mol. The van der Waals surface area contributed by atoms with Crippen molar-refractivity contribution in [1.82, 2.24) is 4.90 Å². The average Bonchev–Trinajstić information content (AvgIpc) is 2.56. The van der Waals surface area contributed by atoms with Gasteiger partial charge in [-0.15, -0.1) is 0 Å². The van der Waals surface area contributed by atoms with Crippen LogP contribution in [0, 0.1) is 12.8 Å². The highest BCUT2D eigenvalue weighted by Gasteiger charge is 2.19. The molecule has 0 aromatic heterocycles. The number of benzene rings is 2. The fraction of sp³-hybridized carbons (Fsp3) is 0.400. The molecule has 122 valence electrons. The minimum Gasteiger partial charge on any atom is -0.385 e. The van der Waals surface area contributed by atoms with Gasteiger partial charge in [0.2, 0.25) is 0 Å². The molecule has 0 amide bonds. The zero-order valence-electron chi connectivity index (χ0n) is 13.8. The second-order valence-electron chi connectivity index (χ2n) is 6.55. The molecule has 3 rings (SSSR count). The highest BCUT2D eigenvalue weighted by atomic mass is 35.5. The number of likely N-dealkylation sites (tertiary alicyclic amines) is 1. The number of piperidine rings is 1. The largest absolute Gasteiger partial charge is 0.385 e. The van der Waals surface area contributed by atoms with E-state index >= 15 is 0 Å². The maximum absolute atomic E-state index is 6.02. The Morgan fingerprint density at radius 1 is 1.09 bits per heavy atom. The van der Waals surface area contributed by atoms with E-state index in [0.717, 1.165) is 24.0 Å². The summed E-state index contributed by atoms with van der Waals surface area (Å²) in [6.45, 7) is 6.64. The van der Waals surface area contributed by atoms with Crippen LogP contribution in [-0.2, 0) is 6.54 Å². The lowest BCUT2D eigenvalue weighted by Crippen LogP contribution is -2.35. The number of hydrogen-bond acceptors (Lipinski definition) is 2. The molecule has 0 atom stereocenters. The third kappa shape index (κ3) is 4.73. The molecule has 0 bridgehead atoms. The lowest BCUT2D eigenvalue weighted by atomic mass is 9.96. The lowest BCUT2D eigenvalue weighted by molar-refractivity contribution is 0.182. The van der Waals surface area contributed by atoms with Crippen molar-refractivity contribution in [2.24, 2.45) is 5.92 Å². The molecule has 1 aliphatic rings. The molecular formula is C20H25ClN2. The molecule has 3 heteroatoms. The quantitative estimate of drug-likeness (QED) is 0.833. The van der Waals surface area contributed by atoms with Gasteiger partial charge in [0, 0.05) is 23.8 Å². The maximum Gasteiger partial charge on any atom is 0.0410 e. The molecule has 2 aromatic carbocycles. The predicted octanol–water partition coefficient (Wildman–Crippen LogP) is 4.97. The molecule has 1 aliphatic heterocycles. The number of nitrogens with zero attached hydrogens (tertiary/aromatic N) is 1. The van der Waals surface area contributed by atoms with Crippen molar-refractivity contribution in [1.29, 1.82) is 0 Å². The van der Waals surface area contributed by atoms with Gasteiger partial charge in [-0.05, 0) is 68.1 Å². The van der Waals surface area contributed by atoms with Crippen LogP contribution < -0.4 is 5.32 Å². The smallest absolute Gasteiger partial charge is 0.0410 e.